The largest absolute Gasteiger partial charge is 0.486 e. The number of thioether (sulfide) groups is 1. The van der Waals surface area contributed by atoms with Crippen LogP contribution in [0.1, 0.15) is 16.1 Å². The van der Waals surface area contributed by atoms with E-state index in [9.17, 15) is 18.0 Å². The summed E-state index contributed by atoms with van der Waals surface area (Å²) in [5.74, 6) is -0.0619. The van der Waals surface area contributed by atoms with Crippen molar-refractivity contribution in [3.8, 4) is 33.2 Å². The van der Waals surface area contributed by atoms with E-state index >= 15 is 0 Å². The number of ether oxygens (including phenoxy) is 2. The van der Waals surface area contributed by atoms with E-state index in [1.54, 1.807) is 36.9 Å². The first kappa shape index (κ1) is 26.6. The fourth-order valence-corrected chi connectivity index (χ4v) is 4.95. The van der Waals surface area contributed by atoms with E-state index in [-0.39, 0.29) is 6.61 Å². The topological polar surface area (TPSA) is 68.7 Å². The maximum atomic E-state index is 13.1. The molecule has 0 fully saturated rings. The lowest BCUT2D eigenvalue weighted by molar-refractivity contribution is -0.139. The van der Waals surface area contributed by atoms with Gasteiger partial charge in [-0.1, -0.05) is 24.3 Å². The van der Waals surface area contributed by atoms with Gasteiger partial charge in [0.05, 0.1) is 16.1 Å². The van der Waals surface area contributed by atoms with Gasteiger partial charge < -0.3 is 14.6 Å². The van der Waals surface area contributed by atoms with E-state index in [0.717, 1.165) is 33.0 Å². The highest BCUT2D eigenvalue weighted by atomic mass is 32.2. The Bertz CT molecular complexity index is 1380. The Morgan fingerprint density at radius 1 is 1.00 bits per heavy atom. The SMILES string of the molecule is CSc1ccc(-c2sc(COc3ccc(OCC(=O)O)c(C)c3)nc2-c2ccc(C(F)(F)F)cc2)cc1. The van der Waals surface area contributed by atoms with Crippen molar-refractivity contribution < 1.29 is 32.5 Å². The summed E-state index contributed by atoms with van der Waals surface area (Å²) in [6.45, 7) is 1.50. The molecule has 1 N–H and O–H groups in total. The number of hydrogen-bond donors (Lipinski definition) is 1. The number of carboxylic acids is 1. The molecule has 0 aliphatic rings. The summed E-state index contributed by atoms with van der Waals surface area (Å²) in [5.41, 5.74) is 2.08. The number of benzene rings is 3. The molecule has 0 aliphatic heterocycles. The Balaban J connectivity index is 1.60. The first-order valence-electron chi connectivity index (χ1n) is 11.0. The number of aromatic nitrogens is 1. The van der Waals surface area contributed by atoms with E-state index in [1.165, 1.54) is 23.5 Å². The Hall–Kier alpha value is -3.50. The molecule has 4 rings (SSSR count). The minimum Gasteiger partial charge on any atom is -0.486 e. The maximum Gasteiger partial charge on any atom is 0.416 e. The van der Waals surface area contributed by atoms with Gasteiger partial charge in [-0.2, -0.15) is 13.2 Å². The predicted molar refractivity (Wildman–Crippen MR) is 138 cm³/mol. The summed E-state index contributed by atoms with van der Waals surface area (Å²) in [6.07, 6.45) is -2.43. The fourth-order valence-electron chi connectivity index (χ4n) is 3.54. The van der Waals surface area contributed by atoms with Crippen molar-refractivity contribution in [1.82, 2.24) is 4.98 Å². The van der Waals surface area contributed by atoms with Gasteiger partial charge in [0.25, 0.3) is 0 Å². The van der Waals surface area contributed by atoms with Crippen molar-refractivity contribution in [2.45, 2.75) is 24.6 Å². The van der Waals surface area contributed by atoms with Gasteiger partial charge in [0.1, 0.15) is 23.1 Å². The van der Waals surface area contributed by atoms with Gasteiger partial charge in [-0.3, -0.25) is 0 Å². The van der Waals surface area contributed by atoms with Gasteiger partial charge in [-0.25, -0.2) is 9.78 Å². The van der Waals surface area contributed by atoms with Gasteiger partial charge in [0.2, 0.25) is 0 Å². The fraction of sp³-hybridized carbons (Fsp3) is 0.185. The second-order valence-corrected chi connectivity index (χ2v) is 9.95. The number of carbonyl (C=O) groups is 1. The number of carboxylic acid groups (broad SMARTS) is 1. The van der Waals surface area contributed by atoms with Gasteiger partial charge >= 0.3 is 12.1 Å². The third-order valence-electron chi connectivity index (χ3n) is 5.37. The molecule has 5 nitrogen and oxygen atoms in total. The summed E-state index contributed by atoms with van der Waals surface area (Å²) in [6, 6.07) is 18.0. The minimum absolute atomic E-state index is 0.149. The van der Waals surface area contributed by atoms with Gasteiger partial charge in [0, 0.05) is 10.5 Å². The van der Waals surface area contributed by atoms with Crippen LogP contribution in [0.25, 0.3) is 21.7 Å². The first-order chi connectivity index (χ1) is 17.6. The number of aliphatic carboxylic acids is 1. The quantitative estimate of drug-likeness (QED) is 0.219. The molecule has 0 atom stereocenters. The standard InChI is InChI=1S/C27H22F3NO4S2/c1-16-13-20(9-12-22(16)35-15-24(32)33)34-14-23-31-25(17-3-7-19(8-4-17)27(28,29)30)26(37-23)18-5-10-21(36-2)11-6-18/h3-13H,14-15H2,1-2H3,(H,32,33). The number of aryl methyl sites for hydroxylation is 1. The zero-order valence-electron chi connectivity index (χ0n) is 19.8. The van der Waals surface area contributed by atoms with Crippen LogP contribution in [0.5, 0.6) is 11.5 Å². The molecule has 4 aromatic rings. The lowest BCUT2D eigenvalue weighted by Crippen LogP contribution is -2.10. The van der Waals surface area contributed by atoms with E-state index in [1.807, 2.05) is 30.5 Å². The Kier molecular flexibility index (Phi) is 8.09. The lowest BCUT2D eigenvalue weighted by atomic mass is 10.0. The van der Waals surface area contributed by atoms with Crippen molar-refractivity contribution in [2.75, 3.05) is 12.9 Å². The molecule has 1 heterocycles. The molecule has 1 aromatic heterocycles. The molecule has 3 aromatic carbocycles. The second-order valence-electron chi connectivity index (χ2n) is 7.99. The van der Waals surface area contributed by atoms with Crippen LogP contribution in [0.2, 0.25) is 0 Å². The van der Waals surface area contributed by atoms with Crippen molar-refractivity contribution in [3.05, 3.63) is 82.9 Å². The molecule has 0 bridgehead atoms. The van der Waals surface area contributed by atoms with E-state index in [0.29, 0.717) is 27.8 Å². The van der Waals surface area contributed by atoms with Crippen LogP contribution < -0.4 is 9.47 Å². The second kappa shape index (κ2) is 11.3. The number of halogens is 3. The molecule has 192 valence electrons. The summed E-state index contributed by atoms with van der Waals surface area (Å²) in [7, 11) is 0. The van der Waals surface area contributed by atoms with E-state index in [4.69, 9.17) is 19.6 Å². The van der Waals surface area contributed by atoms with Gasteiger partial charge in [-0.05, 0) is 66.8 Å². The zero-order chi connectivity index (χ0) is 26.6. The predicted octanol–water partition coefficient (Wildman–Crippen LogP) is 7.57. The summed E-state index contributed by atoms with van der Waals surface area (Å²) in [5, 5.41) is 9.44. The first-order valence-corrected chi connectivity index (χ1v) is 13.1. The number of thiazole rings is 1. The highest BCUT2D eigenvalue weighted by molar-refractivity contribution is 7.98. The number of hydrogen-bond acceptors (Lipinski definition) is 6. The summed E-state index contributed by atoms with van der Waals surface area (Å²) >= 11 is 3.03. The van der Waals surface area contributed by atoms with Crippen LogP contribution >= 0.6 is 23.1 Å². The van der Waals surface area contributed by atoms with Crippen LogP contribution in [-0.2, 0) is 17.6 Å². The van der Waals surface area contributed by atoms with E-state index < -0.39 is 24.3 Å². The number of rotatable bonds is 9. The summed E-state index contributed by atoms with van der Waals surface area (Å²) in [4.78, 5) is 17.4. The molecule has 0 radical (unpaired) electrons. The number of alkyl halides is 3. The average Bonchev–Trinajstić information content (AvgIpc) is 3.31. The average molecular weight is 546 g/mol. The molecule has 0 saturated heterocycles. The van der Waals surface area contributed by atoms with Crippen LogP contribution in [0, 0.1) is 6.92 Å². The van der Waals surface area contributed by atoms with Gasteiger partial charge in [-0.15, -0.1) is 23.1 Å². The van der Waals surface area contributed by atoms with Crippen LogP contribution in [-0.4, -0.2) is 28.9 Å². The molecule has 0 aliphatic carbocycles. The highest BCUT2D eigenvalue weighted by Crippen LogP contribution is 2.39. The highest BCUT2D eigenvalue weighted by Gasteiger charge is 2.30. The van der Waals surface area contributed by atoms with Crippen molar-refractivity contribution >= 4 is 29.1 Å². The van der Waals surface area contributed by atoms with Crippen LogP contribution in [0.3, 0.4) is 0 Å². The monoisotopic (exact) mass is 545 g/mol. The summed E-state index contributed by atoms with van der Waals surface area (Å²) < 4.78 is 50.4. The molecule has 0 unspecified atom stereocenters. The molecule has 0 saturated carbocycles. The van der Waals surface area contributed by atoms with E-state index in [2.05, 4.69) is 0 Å². The van der Waals surface area contributed by atoms with Gasteiger partial charge in [0.15, 0.2) is 6.61 Å². The molecular formula is C27H22F3NO4S2. The van der Waals surface area contributed by atoms with Crippen LogP contribution in [0.4, 0.5) is 13.2 Å². The lowest BCUT2D eigenvalue weighted by Gasteiger charge is -2.09. The molecular weight excluding hydrogens is 523 g/mol. The zero-order valence-corrected chi connectivity index (χ0v) is 21.5. The molecule has 10 heteroatoms. The Morgan fingerprint density at radius 3 is 2.27 bits per heavy atom. The molecule has 0 spiro atoms. The Morgan fingerprint density at radius 2 is 1.68 bits per heavy atom. The van der Waals surface area contributed by atoms with Crippen molar-refractivity contribution in [3.63, 3.8) is 0 Å². The third-order valence-corrected chi connectivity index (χ3v) is 7.19. The van der Waals surface area contributed by atoms with Crippen LogP contribution in [0.15, 0.2) is 71.6 Å². The minimum atomic E-state index is -4.41. The third kappa shape index (κ3) is 6.64. The maximum absolute atomic E-state index is 13.1. The van der Waals surface area contributed by atoms with Crippen molar-refractivity contribution in [2.24, 2.45) is 0 Å². The number of nitrogens with zero attached hydrogens (tertiary/aromatic N) is 1. The van der Waals surface area contributed by atoms with Crippen molar-refractivity contribution in [1.29, 1.82) is 0 Å². The molecule has 0 amide bonds. The normalized spacial score (nSPS) is 11.4. The molecule has 37 heavy (non-hydrogen) atoms. The Labute approximate surface area is 219 Å². The smallest absolute Gasteiger partial charge is 0.416 e.